The van der Waals surface area contributed by atoms with Crippen molar-refractivity contribution in [1.29, 1.82) is 0 Å². The number of rotatable bonds is 13. The third-order valence-electron chi connectivity index (χ3n) is 4.75. The van der Waals surface area contributed by atoms with Crippen molar-refractivity contribution in [2.75, 3.05) is 6.61 Å². The van der Waals surface area contributed by atoms with E-state index in [1.54, 1.807) is 0 Å². The molecule has 0 atom stereocenters. The summed E-state index contributed by atoms with van der Waals surface area (Å²) in [5.74, 6) is 0. The Morgan fingerprint density at radius 3 is 1.58 bits per heavy atom. The Morgan fingerprint density at radius 2 is 1.08 bits per heavy atom. The van der Waals surface area contributed by atoms with E-state index in [1.807, 2.05) is 0 Å². The zero-order chi connectivity index (χ0) is 19.8. The fourth-order valence-electron chi connectivity index (χ4n) is 2.74. The Morgan fingerprint density at radius 1 is 0.615 bits per heavy atom. The summed E-state index contributed by atoms with van der Waals surface area (Å²) >= 11 is 0. The summed E-state index contributed by atoms with van der Waals surface area (Å²) in [6, 6.07) is 0. The third kappa shape index (κ3) is 15.0. The van der Waals surface area contributed by atoms with E-state index in [1.165, 1.54) is 34.3 Å². The van der Waals surface area contributed by atoms with Gasteiger partial charge in [0.1, 0.15) is 0 Å². The van der Waals surface area contributed by atoms with Crippen LogP contribution in [0.25, 0.3) is 0 Å². The topological polar surface area (TPSA) is 20.2 Å². The minimum atomic E-state index is 0.190. The van der Waals surface area contributed by atoms with Crippen LogP contribution in [0.3, 0.4) is 0 Å². The molecule has 0 aromatic carbocycles. The highest BCUT2D eigenvalue weighted by atomic mass is 16.3. The van der Waals surface area contributed by atoms with E-state index >= 15 is 0 Å². The Hall–Kier alpha value is -1.34. The maximum atomic E-state index is 9.51. The predicted molar refractivity (Wildman–Crippen MR) is 118 cm³/mol. The van der Waals surface area contributed by atoms with E-state index in [4.69, 9.17) is 0 Å². The maximum absolute atomic E-state index is 9.51. The first-order chi connectivity index (χ1) is 12.4. The van der Waals surface area contributed by atoms with E-state index in [9.17, 15) is 5.11 Å². The van der Waals surface area contributed by atoms with Crippen LogP contribution in [-0.4, -0.2) is 11.7 Å². The van der Waals surface area contributed by atoms with Gasteiger partial charge in [0, 0.05) is 0 Å². The second-order valence-electron chi connectivity index (χ2n) is 7.69. The van der Waals surface area contributed by atoms with Crippen molar-refractivity contribution >= 4 is 0 Å². The SMILES string of the molecule is C/C=C(\C)CC/C=C(\CO)CC/C=C(/C)CC/C=C(\C)CCC=C(C)C. The quantitative estimate of drug-likeness (QED) is 0.332. The molecule has 0 spiro atoms. The molecule has 0 aliphatic heterocycles. The zero-order valence-corrected chi connectivity index (χ0v) is 18.2. The largest absolute Gasteiger partial charge is 0.392 e. The summed E-state index contributed by atoms with van der Waals surface area (Å²) in [6.07, 6.45) is 20.1. The van der Waals surface area contributed by atoms with Crippen LogP contribution in [0.4, 0.5) is 0 Å². The Labute approximate surface area is 163 Å². The van der Waals surface area contributed by atoms with Gasteiger partial charge in [-0.3, -0.25) is 0 Å². The van der Waals surface area contributed by atoms with Gasteiger partial charge < -0.3 is 5.11 Å². The van der Waals surface area contributed by atoms with Gasteiger partial charge in [-0.25, -0.2) is 0 Å². The molecule has 0 aromatic rings. The van der Waals surface area contributed by atoms with Crippen molar-refractivity contribution in [1.82, 2.24) is 0 Å². The van der Waals surface area contributed by atoms with Crippen molar-refractivity contribution in [2.24, 2.45) is 0 Å². The lowest BCUT2D eigenvalue weighted by Crippen LogP contribution is -1.91. The third-order valence-corrected chi connectivity index (χ3v) is 4.75. The molecule has 0 radical (unpaired) electrons. The summed E-state index contributed by atoms with van der Waals surface area (Å²) in [6.45, 7) is 13.2. The van der Waals surface area contributed by atoms with Crippen molar-refractivity contribution in [3.8, 4) is 0 Å². The lowest BCUT2D eigenvalue weighted by atomic mass is 10.0. The van der Waals surface area contributed by atoms with Gasteiger partial charge in [0.15, 0.2) is 0 Å². The summed E-state index contributed by atoms with van der Waals surface area (Å²) in [5, 5.41) is 9.51. The van der Waals surface area contributed by atoms with E-state index < -0.39 is 0 Å². The molecule has 1 heteroatoms. The molecule has 0 bridgehead atoms. The second kappa shape index (κ2) is 15.9. The number of hydrogen-bond acceptors (Lipinski definition) is 1. The molecular weight excluding hydrogens is 316 g/mol. The highest BCUT2D eigenvalue weighted by Gasteiger charge is 1.97. The number of aliphatic hydroxyl groups excluding tert-OH is 1. The van der Waals surface area contributed by atoms with Crippen LogP contribution >= 0.6 is 0 Å². The number of aliphatic hydroxyl groups is 1. The fourth-order valence-corrected chi connectivity index (χ4v) is 2.74. The Balaban J connectivity index is 4.15. The predicted octanol–water partition coefficient (Wildman–Crippen LogP) is 7.85. The normalized spacial score (nSPS) is 14.0. The number of allylic oxidation sites excluding steroid dienone is 9. The highest BCUT2D eigenvalue weighted by Crippen LogP contribution is 2.14. The van der Waals surface area contributed by atoms with Gasteiger partial charge in [-0.15, -0.1) is 0 Å². The average molecular weight is 359 g/mol. The van der Waals surface area contributed by atoms with Gasteiger partial charge in [0.25, 0.3) is 0 Å². The molecule has 0 saturated carbocycles. The van der Waals surface area contributed by atoms with E-state index in [2.05, 4.69) is 71.9 Å². The second-order valence-corrected chi connectivity index (χ2v) is 7.69. The summed E-state index contributed by atoms with van der Waals surface area (Å²) in [5.41, 5.74) is 6.95. The van der Waals surface area contributed by atoms with Gasteiger partial charge in [-0.05, 0) is 98.5 Å². The Bertz CT molecular complexity index is 522. The molecule has 0 amide bonds. The van der Waals surface area contributed by atoms with Gasteiger partial charge in [0.2, 0.25) is 0 Å². The summed E-state index contributed by atoms with van der Waals surface area (Å²) < 4.78 is 0. The minimum Gasteiger partial charge on any atom is -0.392 e. The van der Waals surface area contributed by atoms with Crippen LogP contribution < -0.4 is 0 Å². The fraction of sp³-hybridized carbons (Fsp3) is 0.600. The molecule has 1 nitrogen and oxygen atoms in total. The molecule has 0 fully saturated rings. The molecular formula is C25H42O. The molecule has 0 heterocycles. The molecule has 0 saturated heterocycles. The lowest BCUT2D eigenvalue weighted by Gasteiger charge is -2.04. The Kier molecular flexibility index (Phi) is 15.1. The molecule has 0 aliphatic rings. The van der Waals surface area contributed by atoms with Gasteiger partial charge in [0.05, 0.1) is 6.61 Å². The van der Waals surface area contributed by atoms with Crippen LogP contribution in [0, 0.1) is 0 Å². The summed E-state index contributed by atoms with van der Waals surface area (Å²) in [4.78, 5) is 0. The van der Waals surface area contributed by atoms with Crippen molar-refractivity contribution in [3.63, 3.8) is 0 Å². The lowest BCUT2D eigenvalue weighted by molar-refractivity contribution is 0.326. The molecule has 26 heavy (non-hydrogen) atoms. The first-order valence-corrected chi connectivity index (χ1v) is 10.2. The smallest absolute Gasteiger partial charge is 0.0641 e. The van der Waals surface area contributed by atoms with Crippen LogP contribution in [0.5, 0.6) is 0 Å². The molecule has 1 N–H and O–H groups in total. The van der Waals surface area contributed by atoms with Gasteiger partial charge >= 0.3 is 0 Å². The van der Waals surface area contributed by atoms with Crippen molar-refractivity contribution in [2.45, 2.75) is 92.9 Å². The zero-order valence-electron chi connectivity index (χ0n) is 18.2. The highest BCUT2D eigenvalue weighted by molar-refractivity contribution is 5.09. The molecule has 148 valence electrons. The summed E-state index contributed by atoms with van der Waals surface area (Å²) in [7, 11) is 0. The molecule has 0 unspecified atom stereocenters. The van der Waals surface area contributed by atoms with Crippen LogP contribution in [-0.2, 0) is 0 Å². The standard InChI is InChI=1S/C25H42O/c1-7-22(4)13-10-18-25(20-26)19-11-17-24(6)16-9-15-23(5)14-8-12-21(2)3/h7,12,15,17-18,26H,8-11,13-14,16,19-20H2,1-6H3/b22-7+,23-15+,24-17-,25-18-. The van der Waals surface area contributed by atoms with Gasteiger partial charge in [-0.2, -0.15) is 0 Å². The minimum absolute atomic E-state index is 0.190. The number of hydrogen-bond donors (Lipinski definition) is 1. The molecule has 0 rings (SSSR count). The monoisotopic (exact) mass is 358 g/mol. The first kappa shape index (κ1) is 24.7. The molecule has 0 aromatic heterocycles. The first-order valence-electron chi connectivity index (χ1n) is 10.2. The van der Waals surface area contributed by atoms with Crippen LogP contribution in [0.1, 0.15) is 92.9 Å². The van der Waals surface area contributed by atoms with E-state index in [0.717, 1.165) is 44.9 Å². The van der Waals surface area contributed by atoms with Gasteiger partial charge in [-0.1, -0.05) is 52.7 Å². The van der Waals surface area contributed by atoms with Crippen LogP contribution in [0.2, 0.25) is 0 Å². The molecule has 0 aliphatic carbocycles. The van der Waals surface area contributed by atoms with Crippen molar-refractivity contribution in [3.05, 3.63) is 58.2 Å². The van der Waals surface area contributed by atoms with Crippen LogP contribution in [0.15, 0.2) is 58.2 Å². The van der Waals surface area contributed by atoms with E-state index in [-0.39, 0.29) is 6.61 Å². The van der Waals surface area contributed by atoms with E-state index in [0.29, 0.717) is 0 Å². The maximum Gasteiger partial charge on any atom is 0.0641 e. The van der Waals surface area contributed by atoms with Crippen molar-refractivity contribution < 1.29 is 5.11 Å². The average Bonchev–Trinajstić information content (AvgIpc) is 2.59.